The first kappa shape index (κ1) is 15.8. The van der Waals surface area contributed by atoms with E-state index < -0.39 is 5.97 Å². The van der Waals surface area contributed by atoms with Gasteiger partial charge in [-0.1, -0.05) is 24.3 Å². The Hall–Kier alpha value is -3.08. The zero-order chi connectivity index (χ0) is 17.1. The maximum Gasteiger partial charge on any atom is 0.303 e. The van der Waals surface area contributed by atoms with E-state index in [2.05, 4.69) is 0 Å². The molecule has 2 N–H and O–H groups in total. The third kappa shape index (κ3) is 3.46. The Bertz CT molecular complexity index is 893. The molecule has 0 bridgehead atoms. The summed E-state index contributed by atoms with van der Waals surface area (Å²) in [5.74, 6) is -0.854. The highest BCUT2D eigenvalue weighted by molar-refractivity contribution is 5.88. The second-order valence-electron chi connectivity index (χ2n) is 5.70. The van der Waals surface area contributed by atoms with Crippen molar-refractivity contribution in [2.45, 2.75) is 19.4 Å². The van der Waals surface area contributed by atoms with Crippen molar-refractivity contribution in [3.05, 3.63) is 54.7 Å². The van der Waals surface area contributed by atoms with Crippen LogP contribution in [0.4, 0.5) is 0 Å². The van der Waals surface area contributed by atoms with Gasteiger partial charge < -0.3 is 14.8 Å². The van der Waals surface area contributed by atoms with Crippen LogP contribution in [0, 0.1) is 0 Å². The topological polar surface area (TPSA) is 79.5 Å². The number of hydrogen-bond acceptors (Lipinski definition) is 3. The van der Waals surface area contributed by atoms with Crippen LogP contribution >= 0.6 is 0 Å². The number of hydrogen-bond donors (Lipinski definition) is 2. The maximum atomic E-state index is 11.9. The van der Waals surface area contributed by atoms with Crippen LogP contribution in [-0.4, -0.2) is 26.5 Å². The van der Waals surface area contributed by atoms with Crippen molar-refractivity contribution < 1.29 is 19.8 Å². The Kier molecular flexibility index (Phi) is 4.33. The van der Waals surface area contributed by atoms with Gasteiger partial charge in [0, 0.05) is 18.1 Å². The minimum atomic E-state index is -0.963. The van der Waals surface area contributed by atoms with Crippen molar-refractivity contribution in [1.29, 1.82) is 0 Å². The summed E-state index contributed by atoms with van der Waals surface area (Å²) in [6, 6.07) is 14.8. The molecule has 24 heavy (non-hydrogen) atoms. The lowest BCUT2D eigenvalue weighted by Gasteiger charge is -2.07. The van der Waals surface area contributed by atoms with Crippen LogP contribution in [0.25, 0.3) is 22.0 Å². The molecule has 3 rings (SSSR count). The molecule has 0 atom stereocenters. The standard InChI is InChI=1S/C19H17NO4/c21-16-5-3-13(4-6-16)15-2-1-14-9-10-20(18(14)11-15)12-17(22)7-8-19(23)24/h1-6,9-11,21H,7-8,12H2,(H,23,24). The average Bonchev–Trinajstić information content (AvgIpc) is 2.96. The van der Waals surface area contributed by atoms with Gasteiger partial charge in [0.1, 0.15) is 5.75 Å². The first-order valence-corrected chi connectivity index (χ1v) is 7.65. The van der Waals surface area contributed by atoms with Gasteiger partial charge in [0.05, 0.1) is 13.0 Å². The molecular formula is C19H17NO4. The van der Waals surface area contributed by atoms with Crippen molar-refractivity contribution in [2.75, 3.05) is 0 Å². The highest BCUT2D eigenvalue weighted by Crippen LogP contribution is 2.26. The summed E-state index contributed by atoms with van der Waals surface area (Å²) in [5, 5.41) is 19.1. The SMILES string of the molecule is O=C(O)CCC(=O)Cn1ccc2ccc(-c3ccc(O)cc3)cc21. The number of aromatic hydroxyl groups is 1. The number of carbonyl (C=O) groups excluding carboxylic acids is 1. The number of carboxylic acids is 1. The Labute approximate surface area is 138 Å². The summed E-state index contributed by atoms with van der Waals surface area (Å²) in [4.78, 5) is 22.5. The van der Waals surface area contributed by atoms with Crippen molar-refractivity contribution >= 4 is 22.7 Å². The first-order chi connectivity index (χ1) is 11.5. The number of rotatable bonds is 6. The summed E-state index contributed by atoms with van der Waals surface area (Å²) < 4.78 is 1.84. The molecule has 0 saturated heterocycles. The third-order valence-corrected chi connectivity index (χ3v) is 3.94. The van der Waals surface area contributed by atoms with Gasteiger partial charge in [0.15, 0.2) is 5.78 Å². The molecule has 0 spiro atoms. The average molecular weight is 323 g/mol. The van der Waals surface area contributed by atoms with Gasteiger partial charge in [0.25, 0.3) is 0 Å². The van der Waals surface area contributed by atoms with Crippen molar-refractivity contribution in [3.8, 4) is 16.9 Å². The normalized spacial score (nSPS) is 10.8. The van der Waals surface area contributed by atoms with E-state index in [4.69, 9.17) is 5.11 Å². The predicted octanol–water partition coefficient (Wildman–Crippen LogP) is 3.45. The molecule has 122 valence electrons. The van der Waals surface area contributed by atoms with E-state index in [1.165, 1.54) is 0 Å². The molecule has 0 aliphatic rings. The zero-order valence-corrected chi connectivity index (χ0v) is 13.0. The molecule has 0 unspecified atom stereocenters. The molecule has 0 aliphatic carbocycles. The second-order valence-corrected chi connectivity index (χ2v) is 5.70. The Morgan fingerprint density at radius 1 is 0.917 bits per heavy atom. The van der Waals surface area contributed by atoms with E-state index >= 15 is 0 Å². The quantitative estimate of drug-likeness (QED) is 0.728. The molecule has 0 saturated carbocycles. The van der Waals surface area contributed by atoms with Gasteiger partial charge in [-0.05, 0) is 40.8 Å². The van der Waals surface area contributed by atoms with Crippen LogP contribution in [0.3, 0.4) is 0 Å². The number of carboxylic acid groups (broad SMARTS) is 1. The zero-order valence-electron chi connectivity index (χ0n) is 13.0. The summed E-state index contributed by atoms with van der Waals surface area (Å²) in [6.07, 6.45) is 1.73. The highest BCUT2D eigenvalue weighted by atomic mass is 16.4. The number of aliphatic carboxylic acids is 1. The van der Waals surface area contributed by atoms with Crippen molar-refractivity contribution in [2.24, 2.45) is 0 Å². The highest BCUT2D eigenvalue weighted by Gasteiger charge is 2.09. The van der Waals surface area contributed by atoms with E-state index in [-0.39, 0.29) is 30.9 Å². The number of fused-ring (bicyclic) bond motifs is 1. The third-order valence-electron chi connectivity index (χ3n) is 3.94. The fraction of sp³-hybridized carbons (Fsp3) is 0.158. The fourth-order valence-corrected chi connectivity index (χ4v) is 2.67. The predicted molar refractivity (Wildman–Crippen MR) is 90.9 cm³/mol. The van der Waals surface area contributed by atoms with Gasteiger partial charge in [-0.3, -0.25) is 9.59 Å². The fourth-order valence-electron chi connectivity index (χ4n) is 2.67. The minimum Gasteiger partial charge on any atom is -0.508 e. The van der Waals surface area contributed by atoms with Crippen molar-refractivity contribution in [1.82, 2.24) is 4.57 Å². The maximum absolute atomic E-state index is 11.9. The van der Waals surface area contributed by atoms with Crippen molar-refractivity contribution in [3.63, 3.8) is 0 Å². The minimum absolute atomic E-state index is 0.0344. The van der Waals surface area contributed by atoms with Crippen LogP contribution < -0.4 is 0 Å². The number of ketones is 1. The van der Waals surface area contributed by atoms with Gasteiger partial charge in [-0.25, -0.2) is 0 Å². The van der Waals surface area contributed by atoms with E-state index in [9.17, 15) is 14.7 Å². The Morgan fingerprint density at radius 2 is 1.62 bits per heavy atom. The molecule has 0 amide bonds. The van der Waals surface area contributed by atoms with Crippen LogP contribution in [-0.2, 0) is 16.1 Å². The lowest BCUT2D eigenvalue weighted by molar-refractivity contribution is -0.138. The molecule has 5 heteroatoms. The van der Waals surface area contributed by atoms with E-state index in [1.807, 2.05) is 47.2 Å². The molecular weight excluding hydrogens is 306 g/mol. The number of phenols is 1. The molecule has 1 heterocycles. The number of nitrogens with zero attached hydrogens (tertiary/aromatic N) is 1. The van der Waals surface area contributed by atoms with Gasteiger partial charge in [-0.15, -0.1) is 0 Å². The number of Topliss-reactive ketones (excluding diaryl/α,β-unsaturated/α-hetero) is 1. The molecule has 3 aromatic rings. The van der Waals surface area contributed by atoms with Crippen LogP contribution in [0.15, 0.2) is 54.7 Å². The van der Waals surface area contributed by atoms with Gasteiger partial charge >= 0.3 is 5.97 Å². The molecule has 5 nitrogen and oxygen atoms in total. The number of benzene rings is 2. The first-order valence-electron chi connectivity index (χ1n) is 7.65. The Balaban J connectivity index is 1.87. The van der Waals surface area contributed by atoms with E-state index in [1.54, 1.807) is 12.1 Å². The molecule has 0 radical (unpaired) electrons. The second kappa shape index (κ2) is 6.58. The number of phenolic OH excluding ortho intramolecular Hbond substituents is 1. The lowest BCUT2D eigenvalue weighted by Crippen LogP contribution is -2.10. The van der Waals surface area contributed by atoms with E-state index in [0.717, 1.165) is 22.0 Å². The summed E-state index contributed by atoms with van der Waals surface area (Å²) in [6.45, 7) is 0.163. The smallest absolute Gasteiger partial charge is 0.303 e. The summed E-state index contributed by atoms with van der Waals surface area (Å²) in [5.41, 5.74) is 2.88. The molecule has 2 aromatic carbocycles. The van der Waals surface area contributed by atoms with E-state index in [0.29, 0.717) is 0 Å². The molecule has 0 aliphatic heterocycles. The summed E-state index contributed by atoms with van der Waals surface area (Å²) >= 11 is 0. The van der Waals surface area contributed by atoms with Crippen LogP contribution in [0.2, 0.25) is 0 Å². The van der Waals surface area contributed by atoms with Crippen LogP contribution in [0.5, 0.6) is 5.75 Å². The molecule has 0 fully saturated rings. The monoisotopic (exact) mass is 323 g/mol. The largest absolute Gasteiger partial charge is 0.508 e. The summed E-state index contributed by atoms with van der Waals surface area (Å²) in [7, 11) is 0. The van der Waals surface area contributed by atoms with Crippen LogP contribution in [0.1, 0.15) is 12.8 Å². The number of carbonyl (C=O) groups is 2. The molecule has 1 aromatic heterocycles. The van der Waals surface area contributed by atoms with Gasteiger partial charge in [-0.2, -0.15) is 0 Å². The lowest BCUT2D eigenvalue weighted by atomic mass is 10.0. The van der Waals surface area contributed by atoms with Gasteiger partial charge in [0.2, 0.25) is 0 Å². The Morgan fingerprint density at radius 3 is 2.33 bits per heavy atom. The number of aromatic nitrogens is 1.